The van der Waals surface area contributed by atoms with E-state index in [1.165, 1.54) is 7.11 Å². The van der Waals surface area contributed by atoms with E-state index in [-0.39, 0.29) is 42.4 Å². The summed E-state index contributed by atoms with van der Waals surface area (Å²) in [5, 5.41) is 4.36. The normalized spacial score (nSPS) is 16.4. The van der Waals surface area contributed by atoms with Crippen LogP contribution in [0.15, 0.2) is 10.4 Å². The highest BCUT2D eigenvalue weighted by Crippen LogP contribution is 2.30. The first kappa shape index (κ1) is 21.9. The molecule has 0 atom stereocenters. The Morgan fingerprint density at radius 2 is 2.12 bits per heavy atom. The summed E-state index contributed by atoms with van der Waals surface area (Å²) in [4.78, 5) is 21.2. The summed E-state index contributed by atoms with van der Waals surface area (Å²) < 4.78 is 42.4. The van der Waals surface area contributed by atoms with Crippen molar-refractivity contribution in [1.29, 1.82) is 0 Å². The molecule has 0 aromatic carbocycles. The minimum Gasteiger partial charge on any atom is -0.469 e. The zero-order valence-electron chi connectivity index (χ0n) is 13.8. The molecule has 1 aliphatic rings. The van der Waals surface area contributed by atoms with Crippen molar-refractivity contribution in [2.45, 2.75) is 25.6 Å². The minimum absolute atomic E-state index is 0. The topological polar surface area (TPSA) is 66.8 Å². The molecule has 11 heteroatoms. The average molecular weight is 492 g/mol. The summed E-state index contributed by atoms with van der Waals surface area (Å²) >= 11 is 0.955. The number of guanidine groups is 1. The molecule has 142 valence electrons. The highest BCUT2D eigenvalue weighted by atomic mass is 127. The highest BCUT2D eigenvalue weighted by Gasteiger charge is 2.33. The Bertz CT molecular complexity index is 601. The molecule has 0 saturated carbocycles. The molecule has 0 aliphatic carbocycles. The number of piperidine rings is 1. The molecule has 1 N–H and O–H groups in total. The van der Waals surface area contributed by atoms with Crippen molar-refractivity contribution >= 4 is 47.2 Å². The van der Waals surface area contributed by atoms with Crippen molar-refractivity contribution in [3.05, 3.63) is 16.1 Å². The number of methoxy groups -OCH3 is 1. The van der Waals surface area contributed by atoms with Crippen LogP contribution in [-0.4, -0.2) is 49.1 Å². The number of ether oxygens (including phenoxy) is 1. The molecule has 0 unspecified atom stereocenters. The van der Waals surface area contributed by atoms with Gasteiger partial charge in [0.25, 0.3) is 0 Å². The average Bonchev–Trinajstić information content (AvgIpc) is 3.04. The lowest BCUT2D eigenvalue weighted by Gasteiger charge is -2.33. The van der Waals surface area contributed by atoms with Crippen molar-refractivity contribution < 1.29 is 22.7 Å². The van der Waals surface area contributed by atoms with Gasteiger partial charge in [-0.1, -0.05) is 0 Å². The number of carbonyl (C=O) groups is 1. The van der Waals surface area contributed by atoms with E-state index in [4.69, 9.17) is 4.74 Å². The predicted octanol–water partition coefficient (Wildman–Crippen LogP) is 2.74. The third-order valence-corrected chi connectivity index (χ3v) is 4.63. The van der Waals surface area contributed by atoms with Gasteiger partial charge in [-0.15, -0.1) is 35.3 Å². The van der Waals surface area contributed by atoms with Crippen molar-refractivity contribution in [2.24, 2.45) is 10.9 Å². The number of rotatable bonds is 3. The molecule has 0 spiro atoms. The molecule has 0 bridgehead atoms. The maximum Gasteiger partial charge on any atom is 0.434 e. The number of alkyl halides is 3. The quantitative estimate of drug-likeness (QED) is 0.304. The number of esters is 1. The molecular formula is C14H20F3IN4O2S. The number of likely N-dealkylation sites (tertiary alicyclic amines) is 1. The van der Waals surface area contributed by atoms with E-state index >= 15 is 0 Å². The van der Waals surface area contributed by atoms with Crippen LogP contribution in [0, 0.1) is 5.92 Å². The van der Waals surface area contributed by atoms with Crippen LogP contribution in [0.25, 0.3) is 0 Å². The van der Waals surface area contributed by atoms with Gasteiger partial charge in [0.15, 0.2) is 11.7 Å². The molecule has 2 heterocycles. The van der Waals surface area contributed by atoms with E-state index in [2.05, 4.69) is 15.3 Å². The lowest BCUT2D eigenvalue weighted by Crippen LogP contribution is -2.46. The zero-order chi connectivity index (χ0) is 17.7. The number of hydrogen-bond donors (Lipinski definition) is 1. The second-order valence-corrected chi connectivity index (χ2v) is 6.25. The number of carbonyl (C=O) groups excluding carboxylic acids is 1. The molecule has 1 aliphatic heterocycles. The smallest absolute Gasteiger partial charge is 0.434 e. The first-order valence-electron chi connectivity index (χ1n) is 7.40. The minimum atomic E-state index is -4.42. The van der Waals surface area contributed by atoms with Gasteiger partial charge in [-0.3, -0.25) is 9.79 Å². The molecule has 0 amide bonds. The fourth-order valence-corrected chi connectivity index (χ4v) is 3.24. The first-order valence-corrected chi connectivity index (χ1v) is 8.28. The second kappa shape index (κ2) is 9.55. The van der Waals surface area contributed by atoms with Crippen LogP contribution in [0.5, 0.6) is 0 Å². The molecular weight excluding hydrogens is 472 g/mol. The SMILES string of the molecule is CN=C(NCc1nc(C(F)(F)F)cs1)N1CCC(C(=O)OC)CC1.I. The molecule has 1 aromatic rings. The van der Waals surface area contributed by atoms with E-state index in [0.717, 1.165) is 16.7 Å². The zero-order valence-corrected chi connectivity index (χ0v) is 16.9. The monoisotopic (exact) mass is 492 g/mol. The maximum absolute atomic E-state index is 12.5. The standard InChI is InChI=1S/C14H19F3N4O2S.HI/c1-18-13(21-5-3-9(4-6-21)12(22)23-2)19-7-11-20-10(8-24-11)14(15,16)17;/h8-9H,3-7H2,1-2H3,(H,18,19);1H. The molecule has 2 rings (SSSR count). The van der Waals surface area contributed by atoms with Gasteiger partial charge in [0.1, 0.15) is 5.01 Å². The Morgan fingerprint density at radius 3 is 2.60 bits per heavy atom. The van der Waals surface area contributed by atoms with Crippen LogP contribution in [0.2, 0.25) is 0 Å². The maximum atomic E-state index is 12.5. The van der Waals surface area contributed by atoms with Crippen molar-refractivity contribution in [3.8, 4) is 0 Å². The number of aliphatic imine (C=N–C) groups is 1. The van der Waals surface area contributed by atoms with Gasteiger partial charge < -0.3 is 15.0 Å². The summed E-state index contributed by atoms with van der Waals surface area (Å²) in [5.41, 5.74) is -0.877. The fraction of sp³-hybridized carbons (Fsp3) is 0.643. The van der Waals surface area contributed by atoms with E-state index in [9.17, 15) is 18.0 Å². The highest BCUT2D eigenvalue weighted by molar-refractivity contribution is 14.0. The number of halogens is 4. The van der Waals surface area contributed by atoms with E-state index in [1.54, 1.807) is 7.05 Å². The Morgan fingerprint density at radius 1 is 1.48 bits per heavy atom. The lowest BCUT2D eigenvalue weighted by atomic mass is 9.97. The van der Waals surface area contributed by atoms with E-state index in [1.807, 2.05) is 4.90 Å². The Hall–Kier alpha value is -1.11. The molecule has 1 aromatic heterocycles. The fourth-order valence-electron chi connectivity index (χ4n) is 2.50. The largest absolute Gasteiger partial charge is 0.469 e. The summed E-state index contributed by atoms with van der Waals surface area (Å²) in [5.74, 6) is 0.264. The third kappa shape index (κ3) is 5.97. The number of nitrogens with one attached hydrogen (secondary N) is 1. The summed E-state index contributed by atoms with van der Waals surface area (Å²) in [6.07, 6.45) is -3.11. The van der Waals surface area contributed by atoms with Gasteiger partial charge in [0, 0.05) is 25.5 Å². The number of nitrogens with zero attached hydrogens (tertiary/aromatic N) is 3. The van der Waals surface area contributed by atoms with Gasteiger partial charge in [0.2, 0.25) is 0 Å². The molecule has 1 fully saturated rings. The molecule has 0 radical (unpaired) electrons. The van der Waals surface area contributed by atoms with Gasteiger partial charge in [-0.2, -0.15) is 13.2 Å². The van der Waals surface area contributed by atoms with Crippen LogP contribution >= 0.6 is 35.3 Å². The van der Waals surface area contributed by atoms with Crippen LogP contribution in [-0.2, 0) is 22.3 Å². The van der Waals surface area contributed by atoms with Crippen molar-refractivity contribution in [1.82, 2.24) is 15.2 Å². The Kier molecular flexibility index (Phi) is 8.38. The van der Waals surface area contributed by atoms with Crippen LogP contribution < -0.4 is 5.32 Å². The van der Waals surface area contributed by atoms with Gasteiger partial charge in [-0.25, -0.2) is 4.98 Å². The van der Waals surface area contributed by atoms with Crippen molar-refractivity contribution in [2.75, 3.05) is 27.2 Å². The van der Waals surface area contributed by atoms with Crippen LogP contribution in [0.4, 0.5) is 13.2 Å². The van der Waals surface area contributed by atoms with Crippen LogP contribution in [0.3, 0.4) is 0 Å². The van der Waals surface area contributed by atoms with Crippen molar-refractivity contribution in [3.63, 3.8) is 0 Å². The molecule has 25 heavy (non-hydrogen) atoms. The Balaban J connectivity index is 0.00000312. The van der Waals surface area contributed by atoms with Gasteiger partial charge in [-0.05, 0) is 12.8 Å². The van der Waals surface area contributed by atoms with Crippen LogP contribution in [0.1, 0.15) is 23.5 Å². The number of hydrogen-bond acceptors (Lipinski definition) is 5. The van der Waals surface area contributed by atoms with E-state index < -0.39 is 11.9 Å². The summed E-state index contributed by atoms with van der Waals surface area (Å²) in [7, 11) is 2.98. The van der Waals surface area contributed by atoms with E-state index in [0.29, 0.717) is 36.9 Å². The molecule has 6 nitrogen and oxygen atoms in total. The number of aromatic nitrogens is 1. The first-order chi connectivity index (χ1) is 11.3. The summed E-state index contributed by atoms with van der Waals surface area (Å²) in [6, 6.07) is 0. The second-order valence-electron chi connectivity index (χ2n) is 5.31. The lowest BCUT2D eigenvalue weighted by molar-refractivity contribution is -0.146. The molecule has 1 saturated heterocycles. The van der Waals surface area contributed by atoms with Gasteiger partial charge >= 0.3 is 12.1 Å². The third-order valence-electron chi connectivity index (χ3n) is 3.78. The summed E-state index contributed by atoms with van der Waals surface area (Å²) in [6.45, 7) is 1.43. The Labute approximate surface area is 164 Å². The predicted molar refractivity (Wildman–Crippen MR) is 99.0 cm³/mol. The number of thiazole rings is 1. The van der Waals surface area contributed by atoms with Gasteiger partial charge in [0.05, 0.1) is 19.6 Å².